The topological polar surface area (TPSA) is 0 Å². The Hall–Kier alpha value is 1.53. The average Bonchev–Trinajstić information content (AvgIpc) is 1.25. The van der Waals surface area contributed by atoms with E-state index in [-0.39, 0.29) is 5.16 Å². The second kappa shape index (κ2) is 2.64. The molecular weight excluding hydrogens is 229 g/mol. The van der Waals surface area contributed by atoms with E-state index in [2.05, 4.69) is 15.1 Å². The molecule has 0 atom stereocenters. The molecule has 0 fully saturated rings. The van der Waals surface area contributed by atoms with Crippen molar-refractivity contribution >= 4 is 41.8 Å². The van der Waals surface area contributed by atoms with E-state index in [1.165, 1.54) is 0 Å². The van der Waals surface area contributed by atoms with Gasteiger partial charge in [-0.15, -0.1) is 0 Å². The molecule has 0 amide bonds. The van der Waals surface area contributed by atoms with Gasteiger partial charge in [0.2, 0.25) is 0 Å². The Morgan fingerprint density at radius 3 is 1.38 bits per heavy atom. The van der Waals surface area contributed by atoms with E-state index in [4.69, 9.17) is 22.5 Å². The van der Waals surface area contributed by atoms with E-state index in [1.54, 1.807) is 0 Å². The molecule has 0 aromatic heterocycles. The van der Waals surface area contributed by atoms with Crippen molar-refractivity contribution in [2.75, 3.05) is 0 Å². The SMILES string of the molecule is CC(C)(C)P(Cl)(Cl)=[Se]. The van der Waals surface area contributed by atoms with Gasteiger partial charge in [0.05, 0.1) is 0 Å². The third-order valence-electron chi connectivity index (χ3n) is 0.781. The molecular formula is C4H9Cl2PSe. The first-order chi connectivity index (χ1) is 3.25. The van der Waals surface area contributed by atoms with Crippen LogP contribution in [0.3, 0.4) is 0 Å². The Morgan fingerprint density at radius 1 is 1.25 bits per heavy atom. The molecule has 0 aromatic carbocycles. The van der Waals surface area contributed by atoms with Crippen LogP contribution in [0.25, 0.3) is 0 Å². The van der Waals surface area contributed by atoms with Gasteiger partial charge in [-0.1, -0.05) is 0 Å². The minimum atomic E-state index is -1.78. The van der Waals surface area contributed by atoms with Crippen LogP contribution in [0.2, 0.25) is 0 Å². The molecule has 0 saturated heterocycles. The van der Waals surface area contributed by atoms with Crippen molar-refractivity contribution in [1.82, 2.24) is 0 Å². The number of rotatable bonds is 0. The molecule has 0 radical (unpaired) electrons. The fraction of sp³-hybridized carbons (Fsp3) is 1.00. The van der Waals surface area contributed by atoms with Gasteiger partial charge in [-0.3, -0.25) is 0 Å². The molecule has 0 bridgehead atoms. The first-order valence-corrected chi connectivity index (χ1v) is 8.06. The molecule has 8 heavy (non-hydrogen) atoms. The van der Waals surface area contributed by atoms with Gasteiger partial charge in [0.25, 0.3) is 0 Å². The molecule has 0 aliphatic heterocycles. The van der Waals surface area contributed by atoms with Gasteiger partial charge in [-0.05, 0) is 0 Å². The summed E-state index contributed by atoms with van der Waals surface area (Å²) in [7, 11) is 0. The summed E-state index contributed by atoms with van der Waals surface area (Å²) in [6.45, 7) is 6.08. The second-order valence-electron chi connectivity index (χ2n) is 2.63. The molecule has 0 N–H and O–H groups in total. The van der Waals surface area contributed by atoms with Gasteiger partial charge in [-0.2, -0.15) is 0 Å². The van der Waals surface area contributed by atoms with Crippen LogP contribution in [0.1, 0.15) is 20.8 Å². The first-order valence-electron chi connectivity index (χ1n) is 2.24. The molecule has 0 spiro atoms. The third-order valence-corrected chi connectivity index (χ3v) is 8.83. The number of hydrogen-bond acceptors (Lipinski definition) is 0. The molecule has 0 saturated carbocycles. The van der Waals surface area contributed by atoms with Crippen molar-refractivity contribution in [3.63, 3.8) is 0 Å². The van der Waals surface area contributed by atoms with Gasteiger partial charge >= 0.3 is 67.7 Å². The van der Waals surface area contributed by atoms with Crippen LogP contribution < -0.4 is 0 Å². The fourth-order valence-electron chi connectivity index (χ4n) is 0. The molecule has 50 valence electrons. The molecule has 0 aliphatic rings. The Bertz CT molecular complexity index is 120. The van der Waals surface area contributed by atoms with Crippen molar-refractivity contribution in [3.05, 3.63) is 0 Å². The van der Waals surface area contributed by atoms with Crippen LogP contribution in [0.5, 0.6) is 0 Å². The molecule has 4 heteroatoms. The molecule has 0 heterocycles. The van der Waals surface area contributed by atoms with E-state index >= 15 is 0 Å². The van der Waals surface area contributed by atoms with Crippen molar-refractivity contribution in [3.8, 4) is 0 Å². The van der Waals surface area contributed by atoms with Crippen LogP contribution in [-0.4, -0.2) is 20.3 Å². The maximum absolute atomic E-state index is 5.83. The summed E-state index contributed by atoms with van der Waals surface area (Å²) in [4.78, 5) is 0. The van der Waals surface area contributed by atoms with Crippen LogP contribution in [-0.2, 0) is 0 Å². The minimum absolute atomic E-state index is 0.0239. The summed E-state index contributed by atoms with van der Waals surface area (Å²) in [5.74, 6) is 0. The quantitative estimate of drug-likeness (QED) is 0.449. The summed E-state index contributed by atoms with van der Waals surface area (Å²) in [5, 5.41) is 0.0239. The van der Waals surface area contributed by atoms with E-state index < -0.39 is 4.21 Å². The normalized spacial score (nSPS) is 14.1. The fourth-order valence-corrected chi connectivity index (χ4v) is 0. The van der Waals surface area contributed by atoms with Crippen molar-refractivity contribution in [2.24, 2.45) is 0 Å². The Labute approximate surface area is 67.7 Å². The standard InChI is InChI=1S/C4H9Cl2PSe/c1-4(2,3)7(5,6)8/h1-3H3. The summed E-state index contributed by atoms with van der Waals surface area (Å²) < 4.78 is -1.78. The van der Waals surface area contributed by atoms with Gasteiger partial charge in [-0.25, -0.2) is 0 Å². The maximum atomic E-state index is 5.83. The Kier molecular flexibility index (Phi) is 3.15. The number of halogens is 2. The van der Waals surface area contributed by atoms with Gasteiger partial charge in [0.1, 0.15) is 0 Å². The van der Waals surface area contributed by atoms with Crippen LogP contribution >= 0.6 is 26.7 Å². The average molecular weight is 238 g/mol. The van der Waals surface area contributed by atoms with Crippen LogP contribution in [0, 0.1) is 0 Å². The zero-order valence-corrected chi connectivity index (χ0v) is 9.23. The summed E-state index contributed by atoms with van der Waals surface area (Å²) in [6, 6.07) is 0. The van der Waals surface area contributed by atoms with E-state index in [0.717, 1.165) is 0 Å². The molecule has 0 unspecified atom stereocenters. The molecule has 0 rings (SSSR count). The predicted molar refractivity (Wildman–Crippen MR) is 44.1 cm³/mol. The van der Waals surface area contributed by atoms with E-state index in [0.29, 0.717) is 0 Å². The summed E-state index contributed by atoms with van der Waals surface area (Å²) >= 11 is 14.5. The monoisotopic (exact) mass is 238 g/mol. The first kappa shape index (κ1) is 9.53. The summed E-state index contributed by atoms with van der Waals surface area (Å²) in [6.07, 6.45) is 0. The third kappa shape index (κ3) is 2.90. The van der Waals surface area contributed by atoms with E-state index in [1.807, 2.05) is 20.8 Å². The van der Waals surface area contributed by atoms with E-state index in [9.17, 15) is 0 Å². The van der Waals surface area contributed by atoms with Crippen LogP contribution in [0.15, 0.2) is 0 Å². The Morgan fingerprint density at radius 2 is 1.38 bits per heavy atom. The number of hydrogen-bond donors (Lipinski definition) is 0. The molecule has 0 nitrogen and oxygen atoms in total. The molecule has 0 aliphatic carbocycles. The second-order valence-corrected chi connectivity index (χ2v) is 14.6. The predicted octanol–water partition coefficient (Wildman–Crippen LogP) is 3.19. The Balaban J connectivity index is 4.26. The van der Waals surface area contributed by atoms with Gasteiger partial charge in [0, 0.05) is 0 Å². The zero-order valence-electron chi connectivity index (χ0n) is 5.11. The van der Waals surface area contributed by atoms with Crippen molar-refractivity contribution in [2.45, 2.75) is 25.9 Å². The summed E-state index contributed by atoms with van der Waals surface area (Å²) in [5.41, 5.74) is 0. The molecule has 0 aromatic rings. The zero-order chi connectivity index (χ0) is 7.00. The van der Waals surface area contributed by atoms with Gasteiger partial charge < -0.3 is 0 Å². The van der Waals surface area contributed by atoms with Crippen LogP contribution in [0.4, 0.5) is 0 Å². The van der Waals surface area contributed by atoms with Crippen molar-refractivity contribution in [1.29, 1.82) is 0 Å². The van der Waals surface area contributed by atoms with Gasteiger partial charge in [0.15, 0.2) is 0 Å². The van der Waals surface area contributed by atoms with Crippen molar-refractivity contribution < 1.29 is 0 Å².